The fourth-order valence-corrected chi connectivity index (χ4v) is 4.68. The summed E-state index contributed by atoms with van der Waals surface area (Å²) in [7, 11) is -3.64. The standard InChI is InChI=1S/C14H20N2O3S/c17-13-5-1-2-6-14(13)20(18,19)15-11-7-9-16-8-3-4-12(16)10-11/h1-2,5-6,11-12,15,17H,3-4,7-10H2. The van der Waals surface area contributed by atoms with E-state index in [1.807, 2.05) is 0 Å². The van der Waals surface area contributed by atoms with Crippen molar-refractivity contribution in [3.63, 3.8) is 0 Å². The topological polar surface area (TPSA) is 69.6 Å². The number of nitrogens with one attached hydrogen (secondary N) is 1. The zero-order chi connectivity index (χ0) is 14.2. The van der Waals surface area contributed by atoms with Crippen molar-refractivity contribution in [2.24, 2.45) is 0 Å². The molecule has 2 unspecified atom stereocenters. The van der Waals surface area contributed by atoms with Crippen LogP contribution in [0.5, 0.6) is 5.75 Å². The molecule has 3 rings (SSSR count). The predicted octanol–water partition coefficient (Wildman–Crippen LogP) is 1.30. The minimum Gasteiger partial charge on any atom is -0.507 e. The predicted molar refractivity (Wildman–Crippen MR) is 76.0 cm³/mol. The van der Waals surface area contributed by atoms with E-state index in [1.165, 1.54) is 18.6 Å². The minimum absolute atomic E-state index is 0.0287. The Morgan fingerprint density at radius 1 is 1.20 bits per heavy atom. The van der Waals surface area contributed by atoms with Crippen molar-refractivity contribution in [1.29, 1.82) is 0 Å². The first-order valence-electron chi connectivity index (χ1n) is 7.10. The highest BCUT2D eigenvalue weighted by Gasteiger charge is 2.33. The normalized spacial score (nSPS) is 27.4. The van der Waals surface area contributed by atoms with E-state index in [2.05, 4.69) is 9.62 Å². The number of phenols is 1. The maximum Gasteiger partial charge on any atom is 0.244 e. The average molecular weight is 296 g/mol. The molecule has 2 heterocycles. The second-order valence-corrected chi connectivity index (χ2v) is 7.32. The lowest BCUT2D eigenvalue weighted by Gasteiger charge is -2.34. The average Bonchev–Trinajstić information content (AvgIpc) is 2.86. The van der Waals surface area contributed by atoms with Crippen molar-refractivity contribution in [1.82, 2.24) is 9.62 Å². The van der Waals surface area contributed by atoms with Crippen LogP contribution < -0.4 is 4.72 Å². The van der Waals surface area contributed by atoms with Crippen LogP contribution in [0.25, 0.3) is 0 Å². The zero-order valence-electron chi connectivity index (χ0n) is 11.3. The van der Waals surface area contributed by atoms with Gasteiger partial charge in [0.05, 0.1) is 0 Å². The van der Waals surface area contributed by atoms with Crippen molar-refractivity contribution in [3.05, 3.63) is 24.3 Å². The molecule has 2 fully saturated rings. The third-order valence-electron chi connectivity index (χ3n) is 4.30. The Morgan fingerprint density at radius 2 is 2.00 bits per heavy atom. The van der Waals surface area contributed by atoms with Crippen LogP contribution in [0.15, 0.2) is 29.2 Å². The highest BCUT2D eigenvalue weighted by molar-refractivity contribution is 7.89. The second kappa shape index (κ2) is 5.35. The lowest BCUT2D eigenvalue weighted by Crippen LogP contribution is -2.47. The fraction of sp³-hybridized carbons (Fsp3) is 0.571. The highest BCUT2D eigenvalue weighted by atomic mass is 32.2. The van der Waals surface area contributed by atoms with E-state index in [9.17, 15) is 13.5 Å². The summed E-state index contributed by atoms with van der Waals surface area (Å²) in [6.07, 6.45) is 4.08. The summed E-state index contributed by atoms with van der Waals surface area (Å²) in [5.74, 6) is -0.196. The van der Waals surface area contributed by atoms with Crippen LogP contribution in [0.3, 0.4) is 0 Å². The number of benzene rings is 1. The molecule has 0 bridgehead atoms. The van der Waals surface area contributed by atoms with Crippen molar-refractivity contribution in [3.8, 4) is 5.75 Å². The highest BCUT2D eigenvalue weighted by Crippen LogP contribution is 2.28. The fourth-order valence-electron chi connectivity index (χ4n) is 3.30. The molecular weight excluding hydrogens is 276 g/mol. The molecule has 5 nitrogen and oxygen atoms in total. The molecule has 0 amide bonds. The molecule has 0 saturated carbocycles. The summed E-state index contributed by atoms with van der Waals surface area (Å²) in [6.45, 7) is 2.10. The lowest BCUT2D eigenvalue weighted by atomic mass is 9.99. The first-order valence-corrected chi connectivity index (χ1v) is 8.59. The van der Waals surface area contributed by atoms with Crippen molar-refractivity contribution in [2.45, 2.75) is 42.7 Å². The number of phenolic OH excluding ortho intramolecular Hbond substituents is 1. The van der Waals surface area contributed by atoms with E-state index >= 15 is 0 Å². The quantitative estimate of drug-likeness (QED) is 0.882. The van der Waals surface area contributed by atoms with Gasteiger partial charge in [-0.3, -0.25) is 0 Å². The Hall–Kier alpha value is -1.11. The van der Waals surface area contributed by atoms with Crippen LogP contribution in [-0.4, -0.2) is 43.6 Å². The van der Waals surface area contributed by atoms with Gasteiger partial charge in [-0.2, -0.15) is 0 Å². The first-order chi connectivity index (χ1) is 9.56. The van der Waals surface area contributed by atoms with Gasteiger partial charge in [-0.1, -0.05) is 12.1 Å². The molecule has 2 atom stereocenters. The van der Waals surface area contributed by atoms with E-state index < -0.39 is 10.0 Å². The smallest absolute Gasteiger partial charge is 0.244 e. The Bertz CT molecular complexity index is 588. The number of rotatable bonds is 3. The van der Waals surface area contributed by atoms with Gasteiger partial charge in [-0.05, 0) is 50.9 Å². The molecule has 2 aliphatic heterocycles. The molecule has 6 heteroatoms. The van der Waals surface area contributed by atoms with Crippen molar-refractivity contribution in [2.75, 3.05) is 13.1 Å². The van der Waals surface area contributed by atoms with Crippen molar-refractivity contribution >= 4 is 10.0 Å². The Balaban J connectivity index is 1.72. The summed E-state index contributed by atoms with van der Waals surface area (Å²) in [5.41, 5.74) is 0. The van der Waals surface area contributed by atoms with E-state index in [0.29, 0.717) is 6.04 Å². The van der Waals surface area contributed by atoms with Gasteiger partial charge in [-0.15, -0.1) is 0 Å². The van der Waals surface area contributed by atoms with Crippen LogP contribution in [0.4, 0.5) is 0 Å². The Morgan fingerprint density at radius 3 is 2.80 bits per heavy atom. The maximum absolute atomic E-state index is 12.3. The summed E-state index contributed by atoms with van der Waals surface area (Å²) in [4.78, 5) is 2.42. The van der Waals surface area contributed by atoms with E-state index in [4.69, 9.17) is 0 Å². The molecule has 20 heavy (non-hydrogen) atoms. The van der Waals surface area contributed by atoms with Crippen LogP contribution in [0.1, 0.15) is 25.7 Å². The van der Waals surface area contributed by atoms with Crippen LogP contribution in [0, 0.1) is 0 Å². The monoisotopic (exact) mass is 296 g/mol. The molecule has 0 radical (unpaired) electrons. The van der Waals surface area contributed by atoms with Crippen molar-refractivity contribution < 1.29 is 13.5 Å². The number of sulfonamides is 1. The third-order valence-corrected chi connectivity index (χ3v) is 5.86. The molecule has 110 valence electrons. The van der Waals surface area contributed by atoms with Gasteiger partial charge in [0, 0.05) is 12.1 Å². The SMILES string of the molecule is O=S(=O)(NC1CCN2CCCC2C1)c1ccccc1O. The molecule has 2 saturated heterocycles. The molecule has 0 aliphatic carbocycles. The lowest BCUT2D eigenvalue weighted by molar-refractivity contribution is 0.176. The molecule has 2 aliphatic rings. The number of piperidine rings is 1. The van der Waals surface area contributed by atoms with Gasteiger partial charge >= 0.3 is 0 Å². The molecule has 1 aromatic carbocycles. The summed E-state index contributed by atoms with van der Waals surface area (Å²) < 4.78 is 27.4. The largest absolute Gasteiger partial charge is 0.507 e. The summed E-state index contributed by atoms with van der Waals surface area (Å²) in [5, 5.41) is 9.70. The van der Waals surface area contributed by atoms with E-state index in [0.717, 1.165) is 32.4 Å². The molecule has 2 N–H and O–H groups in total. The summed E-state index contributed by atoms with van der Waals surface area (Å²) >= 11 is 0. The van der Waals surface area contributed by atoms with Crippen LogP contribution in [0.2, 0.25) is 0 Å². The molecule has 1 aromatic rings. The number of hydrogen-bond donors (Lipinski definition) is 2. The van der Waals surface area contributed by atoms with Gasteiger partial charge in [0.15, 0.2) is 0 Å². The van der Waals surface area contributed by atoms with E-state index in [-0.39, 0.29) is 16.7 Å². The van der Waals surface area contributed by atoms with Gasteiger partial charge < -0.3 is 10.0 Å². The van der Waals surface area contributed by atoms with Crippen LogP contribution >= 0.6 is 0 Å². The molecule has 0 spiro atoms. The number of para-hydroxylation sites is 1. The van der Waals surface area contributed by atoms with Gasteiger partial charge in [0.25, 0.3) is 0 Å². The first kappa shape index (κ1) is 13.9. The maximum atomic E-state index is 12.3. The number of aromatic hydroxyl groups is 1. The van der Waals surface area contributed by atoms with E-state index in [1.54, 1.807) is 12.1 Å². The second-order valence-electron chi connectivity index (χ2n) is 5.64. The molecule has 0 aromatic heterocycles. The number of fused-ring (bicyclic) bond motifs is 1. The minimum atomic E-state index is -3.64. The Labute approximate surface area is 119 Å². The van der Waals surface area contributed by atoms with Crippen LogP contribution in [-0.2, 0) is 10.0 Å². The Kier molecular flexibility index (Phi) is 3.70. The molecular formula is C14H20N2O3S. The number of hydrogen-bond acceptors (Lipinski definition) is 4. The zero-order valence-corrected chi connectivity index (χ0v) is 12.1. The van der Waals surface area contributed by atoms with Gasteiger partial charge in [0.1, 0.15) is 10.6 Å². The summed E-state index contributed by atoms with van der Waals surface area (Å²) in [6, 6.07) is 6.55. The number of nitrogens with zero attached hydrogens (tertiary/aromatic N) is 1. The third kappa shape index (κ3) is 2.68. The van der Waals surface area contributed by atoms with Gasteiger partial charge in [-0.25, -0.2) is 13.1 Å². The van der Waals surface area contributed by atoms with Gasteiger partial charge in [0.2, 0.25) is 10.0 Å².